The van der Waals surface area contributed by atoms with E-state index >= 15 is 0 Å². The quantitative estimate of drug-likeness (QED) is 0.546. The summed E-state index contributed by atoms with van der Waals surface area (Å²) < 4.78 is 12.9. The van der Waals surface area contributed by atoms with Gasteiger partial charge in [-0.25, -0.2) is 4.68 Å². The second-order valence-corrected chi connectivity index (χ2v) is 8.82. The lowest BCUT2D eigenvalue weighted by Crippen LogP contribution is -2.48. The molecule has 5 rings (SSSR count). The van der Waals surface area contributed by atoms with Gasteiger partial charge in [0, 0.05) is 37.9 Å². The minimum absolute atomic E-state index is 0.0129. The minimum atomic E-state index is 0.0129. The highest BCUT2D eigenvalue weighted by Crippen LogP contribution is 2.35. The van der Waals surface area contributed by atoms with Gasteiger partial charge in [-0.2, -0.15) is 0 Å². The number of hydrogen-bond donors (Lipinski definition) is 0. The van der Waals surface area contributed by atoms with Crippen LogP contribution in [0.4, 0.5) is 5.69 Å². The van der Waals surface area contributed by atoms with Crippen molar-refractivity contribution in [1.82, 2.24) is 25.1 Å². The molecule has 1 aliphatic carbocycles. The number of aromatic nitrogens is 4. The van der Waals surface area contributed by atoms with Gasteiger partial charge in [0.1, 0.15) is 11.5 Å². The zero-order valence-electron chi connectivity index (χ0n) is 19.4. The maximum atomic E-state index is 5.42. The number of benzene rings is 2. The molecule has 0 amide bonds. The first-order chi connectivity index (χ1) is 16.3. The highest BCUT2D eigenvalue weighted by atomic mass is 16.5. The van der Waals surface area contributed by atoms with Gasteiger partial charge in [-0.05, 0) is 53.1 Å². The van der Waals surface area contributed by atoms with Crippen LogP contribution in [0.25, 0.3) is 0 Å². The highest BCUT2D eigenvalue weighted by molar-refractivity contribution is 5.51. The molecule has 33 heavy (non-hydrogen) atoms. The van der Waals surface area contributed by atoms with Crippen LogP contribution in [0.1, 0.15) is 49.2 Å². The fraction of sp³-hybridized carbons (Fsp3) is 0.480. The van der Waals surface area contributed by atoms with E-state index in [1.165, 1.54) is 24.1 Å². The molecule has 174 valence electrons. The Kier molecular flexibility index (Phi) is 6.44. The maximum absolute atomic E-state index is 5.42. The molecule has 0 N–H and O–H groups in total. The van der Waals surface area contributed by atoms with E-state index in [0.29, 0.717) is 6.04 Å². The first-order valence-corrected chi connectivity index (χ1v) is 11.8. The van der Waals surface area contributed by atoms with Crippen LogP contribution in [-0.4, -0.2) is 65.5 Å². The lowest BCUT2D eigenvalue weighted by Gasteiger charge is -2.40. The van der Waals surface area contributed by atoms with E-state index in [2.05, 4.69) is 60.3 Å². The second-order valence-electron chi connectivity index (χ2n) is 8.82. The molecule has 1 aliphatic heterocycles. The van der Waals surface area contributed by atoms with Gasteiger partial charge in [0.2, 0.25) is 0 Å². The Morgan fingerprint density at radius 2 is 1.61 bits per heavy atom. The molecular formula is C25H32N6O2. The van der Waals surface area contributed by atoms with Crippen LogP contribution in [0, 0.1) is 0 Å². The molecule has 1 saturated heterocycles. The van der Waals surface area contributed by atoms with Gasteiger partial charge < -0.3 is 14.4 Å². The summed E-state index contributed by atoms with van der Waals surface area (Å²) in [5.41, 5.74) is 2.39. The third-order valence-corrected chi connectivity index (χ3v) is 6.96. The molecule has 1 atom stereocenters. The number of rotatable bonds is 7. The molecule has 0 spiro atoms. The highest BCUT2D eigenvalue weighted by Gasteiger charge is 2.33. The Morgan fingerprint density at radius 3 is 2.30 bits per heavy atom. The monoisotopic (exact) mass is 448 g/mol. The Labute approximate surface area is 195 Å². The first kappa shape index (κ1) is 21.7. The Morgan fingerprint density at radius 1 is 0.879 bits per heavy atom. The topological polar surface area (TPSA) is 68.5 Å². The van der Waals surface area contributed by atoms with Crippen LogP contribution in [0.2, 0.25) is 0 Å². The standard InChI is InChI=1S/C25H32N6O2/c1-32-22-12-10-19(11-13-22)24(25-26-27-28-31(25)20-6-3-4-7-20)30-16-14-29(15-17-30)21-8-5-9-23(18-21)33-2/h5,8-13,18,20,24H,3-4,6-7,14-17H2,1-2H3/t24-/m1/s1. The van der Waals surface area contributed by atoms with Crippen molar-refractivity contribution in [3.63, 3.8) is 0 Å². The molecule has 1 aromatic heterocycles. The SMILES string of the molecule is COc1ccc([C@H](c2nnnn2C2CCCC2)N2CCN(c3cccc(OC)c3)CC2)cc1. The zero-order chi connectivity index (χ0) is 22.6. The molecule has 1 saturated carbocycles. The first-order valence-electron chi connectivity index (χ1n) is 11.8. The lowest BCUT2D eigenvalue weighted by molar-refractivity contribution is 0.197. The molecular weight excluding hydrogens is 416 g/mol. The third-order valence-electron chi connectivity index (χ3n) is 6.96. The summed E-state index contributed by atoms with van der Waals surface area (Å²) in [7, 11) is 3.41. The van der Waals surface area contributed by atoms with Gasteiger partial charge in [-0.3, -0.25) is 4.90 Å². The van der Waals surface area contributed by atoms with E-state index in [1.807, 2.05) is 18.2 Å². The molecule has 8 heteroatoms. The molecule has 0 unspecified atom stereocenters. The number of hydrogen-bond acceptors (Lipinski definition) is 7. The molecule has 0 radical (unpaired) electrons. The number of ether oxygens (including phenoxy) is 2. The molecule has 3 aromatic rings. The predicted octanol–water partition coefficient (Wildman–Crippen LogP) is 3.72. The van der Waals surface area contributed by atoms with Crippen molar-refractivity contribution in [2.24, 2.45) is 0 Å². The van der Waals surface area contributed by atoms with Crippen LogP contribution in [0.15, 0.2) is 48.5 Å². The Hall–Kier alpha value is -3.13. The number of anilines is 1. The maximum Gasteiger partial charge on any atom is 0.173 e. The van der Waals surface area contributed by atoms with Crippen LogP contribution in [0.5, 0.6) is 11.5 Å². The third kappa shape index (κ3) is 4.53. The van der Waals surface area contributed by atoms with Crippen LogP contribution < -0.4 is 14.4 Å². The van der Waals surface area contributed by atoms with Gasteiger partial charge in [0.25, 0.3) is 0 Å². The van der Waals surface area contributed by atoms with Crippen molar-refractivity contribution in [3.8, 4) is 11.5 Å². The minimum Gasteiger partial charge on any atom is -0.497 e. The molecule has 2 fully saturated rings. The van der Waals surface area contributed by atoms with Crippen molar-refractivity contribution in [1.29, 1.82) is 0 Å². The van der Waals surface area contributed by atoms with E-state index in [1.54, 1.807) is 14.2 Å². The average molecular weight is 449 g/mol. The van der Waals surface area contributed by atoms with Gasteiger partial charge >= 0.3 is 0 Å². The van der Waals surface area contributed by atoms with Crippen LogP contribution in [-0.2, 0) is 0 Å². The van der Waals surface area contributed by atoms with Crippen LogP contribution >= 0.6 is 0 Å². The summed E-state index contributed by atoms with van der Waals surface area (Å²) in [5.74, 6) is 2.69. The fourth-order valence-electron chi connectivity index (χ4n) is 5.14. The van der Waals surface area contributed by atoms with Gasteiger partial charge in [0.05, 0.1) is 26.3 Å². The average Bonchev–Trinajstić information content (AvgIpc) is 3.57. The summed E-state index contributed by atoms with van der Waals surface area (Å²) in [6.07, 6.45) is 4.79. The fourth-order valence-corrected chi connectivity index (χ4v) is 5.14. The van der Waals surface area contributed by atoms with Crippen molar-refractivity contribution >= 4 is 5.69 Å². The van der Waals surface area contributed by atoms with Crippen molar-refractivity contribution in [2.45, 2.75) is 37.8 Å². The Balaban J connectivity index is 1.41. The lowest BCUT2D eigenvalue weighted by atomic mass is 10.0. The molecule has 2 aromatic carbocycles. The van der Waals surface area contributed by atoms with E-state index in [0.717, 1.165) is 56.3 Å². The van der Waals surface area contributed by atoms with Crippen molar-refractivity contribution in [3.05, 3.63) is 59.9 Å². The normalized spacial score (nSPS) is 18.4. The van der Waals surface area contributed by atoms with Crippen LogP contribution in [0.3, 0.4) is 0 Å². The molecule has 8 nitrogen and oxygen atoms in total. The van der Waals surface area contributed by atoms with E-state index in [-0.39, 0.29) is 6.04 Å². The van der Waals surface area contributed by atoms with Gasteiger partial charge in [-0.1, -0.05) is 31.0 Å². The predicted molar refractivity (Wildman–Crippen MR) is 127 cm³/mol. The van der Waals surface area contributed by atoms with E-state index < -0.39 is 0 Å². The number of nitrogens with zero attached hydrogens (tertiary/aromatic N) is 6. The zero-order valence-corrected chi connectivity index (χ0v) is 19.4. The number of tetrazole rings is 1. The van der Waals surface area contributed by atoms with Gasteiger partial charge in [0.15, 0.2) is 5.82 Å². The summed E-state index contributed by atoms with van der Waals surface area (Å²) in [4.78, 5) is 4.93. The molecule has 0 bridgehead atoms. The summed E-state index contributed by atoms with van der Waals surface area (Å²) in [6.45, 7) is 3.71. The summed E-state index contributed by atoms with van der Waals surface area (Å²) >= 11 is 0. The van der Waals surface area contributed by atoms with Gasteiger partial charge in [-0.15, -0.1) is 5.10 Å². The van der Waals surface area contributed by atoms with Crippen molar-refractivity contribution in [2.75, 3.05) is 45.3 Å². The smallest absolute Gasteiger partial charge is 0.173 e. The second kappa shape index (κ2) is 9.79. The summed E-state index contributed by atoms with van der Waals surface area (Å²) in [6, 6.07) is 17.1. The van der Waals surface area contributed by atoms with Crippen molar-refractivity contribution < 1.29 is 9.47 Å². The van der Waals surface area contributed by atoms with E-state index in [9.17, 15) is 0 Å². The Bertz CT molecular complexity index is 1040. The number of methoxy groups -OCH3 is 2. The molecule has 2 aliphatic rings. The number of piperazine rings is 1. The van der Waals surface area contributed by atoms with E-state index in [4.69, 9.17) is 9.47 Å². The summed E-state index contributed by atoms with van der Waals surface area (Å²) in [5, 5.41) is 13.1. The molecule has 2 heterocycles. The largest absolute Gasteiger partial charge is 0.497 e.